The Morgan fingerprint density at radius 3 is 2.09 bits per heavy atom. The molecule has 3 aromatic carbocycles. The molecule has 0 bridgehead atoms. The zero-order chi connectivity index (χ0) is 33.9. The maximum absolute atomic E-state index is 13.8. The standard InChI is InChI=1S/C37H48N4O6/c1-24(2)34(41-19-18-32(43)40-37(41)46)36(45)38-29(20-27-14-7-5-8-15-27)22-31(42)30(21-28-16-9-6-10-17-28)39-33(44)23-47-35-25(3)12-11-13-26(35)4/h5-17,24,29-32,34,42-43H,18-23H2,1-4H3,(H,38,45)(H,39,44)(H,40,46)/t29-,30-,31+,32?,34?/m1/s1. The molecule has 47 heavy (non-hydrogen) atoms. The summed E-state index contributed by atoms with van der Waals surface area (Å²) in [7, 11) is 0. The fraction of sp³-hybridized carbons (Fsp3) is 0.432. The van der Waals surface area contributed by atoms with Crippen molar-refractivity contribution in [2.45, 2.75) is 83.8 Å². The van der Waals surface area contributed by atoms with E-state index in [2.05, 4.69) is 16.0 Å². The van der Waals surface area contributed by atoms with Crippen molar-refractivity contribution < 1.29 is 29.3 Å². The SMILES string of the molecule is Cc1cccc(C)c1OCC(=O)N[C@H](Cc1ccccc1)[C@@H](O)C[C@@H](Cc1ccccc1)NC(=O)C(C(C)C)N1CCC(O)NC1=O. The molecule has 10 nitrogen and oxygen atoms in total. The van der Waals surface area contributed by atoms with Crippen LogP contribution in [0, 0.1) is 19.8 Å². The molecule has 0 aliphatic carbocycles. The number of para-hydroxylation sites is 1. The highest BCUT2D eigenvalue weighted by Crippen LogP contribution is 2.22. The van der Waals surface area contributed by atoms with Gasteiger partial charge in [-0.05, 0) is 61.3 Å². The zero-order valence-electron chi connectivity index (χ0n) is 27.7. The zero-order valence-corrected chi connectivity index (χ0v) is 27.7. The monoisotopic (exact) mass is 644 g/mol. The van der Waals surface area contributed by atoms with Gasteiger partial charge in [-0.2, -0.15) is 0 Å². The van der Waals surface area contributed by atoms with E-state index in [-0.39, 0.29) is 37.3 Å². The Morgan fingerprint density at radius 2 is 1.51 bits per heavy atom. The fourth-order valence-electron chi connectivity index (χ4n) is 6.13. The second-order valence-corrected chi connectivity index (χ2v) is 12.7. The van der Waals surface area contributed by atoms with E-state index in [1.165, 1.54) is 4.90 Å². The third-order valence-electron chi connectivity index (χ3n) is 8.49. The van der Waals surface area contributed by atoms with Crippen LogP contribution in [0.25, 0.3) is 0 Å². The van der Waals surface area contributed by atoms with Crippen LogP contribution in [0.1, 0.15) is 48.9 Å². The van der Waals surface area contributed by atoms with E-state index in [9.17, 15) is 24.6 Å². The molecule has 1 fully saturated rings. The van der Waals surface area contributed by atoms with E-state index in [4.69, 9.17) is 4.74 Å². The first-order valence-corrected chi connectivity index (χ1v) is 16.3. The summed E-state index contributed by atoms with van der Waals surface area (Å²) in [5, 5.41) is 30.2. The number of carbonyl (C=O) groups excluding carboxylic acids is 3. The molecule has 252 valence electrons. The summed E-state index contributed by atoms with van der Waals surface area (Å²) in [6.07, 6.45) is -0.721. The van der Waals surface area contributed by atoms with Crippen LogP contribution in [0.15, 0.2) is 78.9 Å². The molecular formula is C37H48N4O6. The van der Waals surface area contributed by atoms with Crippen molar-refractivity contribution in [3.8, 4) is 5.75 Å². The van der Waals surface area contributed by atoms with Crippen molar-refractivity contribution in [1.82, 2.24) is 20.9 Å². The molecule has 3 aromatic rings. The Hall–Kier alpha value is -4.41. The van der Waals surface area contributed by atoms with Gasteiger partial charge in [-0.25, -0.2) is 4.79 Å². The molecule has 1 aliphatic heterocycles. The minimum absolute atomic E-state index is 0.145. The molecule has 4 amide bonds. The predicted octanol–water partition coefficient (Wildman–Crippen LogP) is 3.65. The number of aryl methyl sites for hydroxylation is 2. The number of hydrogen-bond acceptors (Lipinski definition) is 6. The first-order valence-electron chi connectivity index (χ1n) is 16.3. The van der Waals surface area contributed by atoms with Gasteiger partial charge < -0.3 is 35.8 Å². The summed E-state index contributed by atoms with van der Waals surface area (Å²) in [4.78, 5) is 41.3. The van der Waals surface area contributed by atoms with Crippen molar-refractivity contribution in [1.29, 1.82) is 0 Å². The Morgan fingerprint density at radius 1 is 0.915 bits per heavy atom. The smallest absolute Gasteiger partial charge is 0.320 e. The number of amides is 4. The number of urea groups is 1. The van der Waals surface area contributed by atoms with E-state index in [1.807, 2.05) is 107 Å². The van der Waals surface area contributed by atoms with Crippen molar-refractivity contribution in [3.63, 3.8) is 0 Å². The minimum Gasteiger partial charge on any atom is -0.483 e. The Labute approximate surface area is 277 Å². The summed E-state index contributed by atoms with van der Waals surface area (Å²) in [5.41, 5.74) is 3.76. The fourth-order valence-corrected chi connectivity index (χ4v) is 6.13. The van der Waals surface area contributed by atoms with E-state index in [1.54, 1.807) is 0 Å². The predicted molar refractivity (Wildman–Crippen MR) is 181 cm³/mol. The van der Waals surface area contributed by atoms with Crippen LogP contribution in [-0.4, -0.2) is 76.6 Å². The van der Waals surface area contributed by atoms with Crippen LogP contribution in [0.5, 0.6) is 5.75 Å². The summed E-state index contributed by atoms with van der Waals surface area (Å²) in [6.45, 7) is 7.62. The molecule has 0 spiro atoms. The Bertz CT molecular complexity index is 1450. The first kappa shape index (κ1) is 35.4. The van der Waals surface area contributed by atoms with Gasteiger partial charge in [0.05, 0.1) is 12.1 Å². The van der Waals surface area contributed by atoms with Gasteiger partial charge in [-0.15, -0.1) is 0 Å². The van der Waals surface area contributed by atoms with Gasteiger partial charge in [0.1, 0.15) is 18.0 Å². The number of nitrogens with one attached hydrogen (secondary N) is 3. The molecule has 1 aliphatic rings. The molecule has 5 atom stereocenters. The van der Waals surface area contributed by atoms with Crippen LogP contribution in [-0.2, 0) is 22.4 Å². The van der Waals surface area contributed by atoms with Crippen LogP contribution in [0.2, 0.25) is 0 Å². The number of benzene rings is 3. The van der Waals surface area contributed by atoms with Gasteiger partial charge >= 0.3 is 6.03 Å². The van der Waals surface area contributed by atoms with Crippen LogP contribution >= 0.6 is 0 Å². The number of nitrogens with zero attached hydrogens (tertiary/aromatic N) is 1. The van der Waals surface area contributed by atoms with Crippen molar-refractivity contribution >= 4 is 17.8 Å². The number of aliphatic hydroxyl groups excluding tert-OH is 2. The van der Waals surface area contributed by atoms with Gasteiger partial charge in [-0.3, -0.25) is 9.59 Å². The van der Waals surface area contributed by atoms with Crippen molar-refractivity contribution in [2.24, 2.45) is 5.92 Å². The molecule has 10 heteroatoms. The van der Waals surface area contributed by atoms with E-state index < -0.39 is 36.5 Å². The lowest BCUT2D eigenvalue weighted by atomic mass is 9.92. The summed E-state index contributed by atoms with van der Waals surface area (Å²) >= 11 is 0. The molecule has 0 radical (unpaired) electrons. The highest BCUT2D eigenvalue weighted by molar-refractivity contribution is 5.88. The largest absolute Gasteiger partial charge is 0.483 e. The Kier molecular flexibility index (Phi) is 12.8. The molecule has 1 heterocycles. The van der Waals surface area contributed by atoms with Crippen LogP contribution in [0.3, 0.4) is 0 Å². The van der Waals surface area contributed by atoms with Gasteiger partial charge in [0, 0.05) is 19.0 Å². The second-order valence-electron chi connectivity index (χ2n) is 12.7. The third kappa shape index (κ3) is 10.3. The third-order valence-corrected chi connectivity index (χ3v) is 8.49. The highest BCUT2D eigenvalue weighted by atomic mass is 16.5. The number of aliphatic hydroxyl groups is 2. The van der Waals surface area contributed by atoms with E-state index >= 15 is 0 Å². The van der Waals surface area contributed by atoms with Gasteiger partial charge in [0.2, 0.25) is 5.91 Å². The molecule has 2 unspecified atom stereocenters. The molecular weight excluding hydrogens is 596 g/mol. The summed E-state index contributed by atoms with van der Waals surface area (Å²) in [5.74, 6) is -0.259. The lowest BCUT2D eigenvalue weighted by molar-refractivity contribution is -0.129. The maximum atomic E-state index is 13.8. The lowest BCUT2D eigenvalue weighted by Gasteiger charge is -2.38. The van der Waals surface area contributed by atoms with E-state index in [0.29, 0.717) is 25.0 Å². The number of carbonyl (C=O) groups is 3. The quantitative estimate of drug-likeness (QED) is 0.171. The number of ether oxygens (including phenoxy) is 1. The van der Waals surface area contributed by atoms with Gasteiger partial charge in [0.15, 0.2) is 6.61 Å². The van der Waals surface area contributed by atoms with Crippen LogP contribution in [0.4, 0.5) is 4.79 Å². The van der Waals surface area contributed by atoms with Crippen molar-refractivity contribution in [2.75, 3.05) is 13.2 Å². The maximum Gasteiger partial charge on any atom is 0.320 e. The molecule has 0 aromatic heterocycles. The average molecular weight is 645 g/mol. The summed E-state index contributed by atoms with van der Waals surface area (Å²) in [6, 6.07) is 22.6. The normalized spacial score (nSPS) is 17.3. The summed E-state index contributed by atoms with van der Waals surface area (Å²) < 4.78 is 5.89. The number of hydrogen-bond donors (Lipinski definition) is 5. The lowest BCUT2D eigenvalue weighted by Crippen LogP contribution is -2.61. The molecule has 1 saturated heterocycles. The Balaban J connectivity index is 1.52. The molecule has 0 saturated carbocycles. The minimum atomic E-state index is -1.03. The molecule has 5 N–H and O–H groups in total. The van der Waals surface area contributed by atoms with Crippen molar-refractivity contribution in [3.05, 3.63) is 101 Å². The van der Waals surface area contributed by atoms with E-state index in [0.717, 1.165) is 22.3 Å². The highest BCUT2D eigenvalue weighted by Gasteiger charge is 2.37. The second kappa shape index (κ2) is 16.9. The van der Waals surface area contributed by atoms with Crippen LogP contribution < -0.4 is 20.7 Å². The number of rotatable bonds is 15. The first-order chi connectivity index (χ1) is 22.5. The topological polar surface area (TPSA) is 140 Å². The van der Waals surface area contributed by atoms with Gasteiger partial charge in [-0.1, -0.05) is 92.7 Å². The molecule has 4 rings (SSSR count). The van der Waals surface area contributed by atoms with Gasteiger partial charge in [0.25, 0.3) is 5.91 Å². The average Bonchev–Trinajstić information content (AvgIpc) is 3.02.